The first-order valence-electron chi connectivity index (χ1n) is 8.28. The van der Waals surface area contributed by atoms with Crippen LogP contribution >= 0.6 is 0 Å². The average Bonchev–Trinajstić information content (AvgIpc) is 3.05. The monoisotopic (exact) mass is 337 g/mol. The van der Waals surface area contributed by atoms with Gasteiger partial charge in [0.1, 0.15) is 17.8 Å². The lowest BCUT2D eigenvalue weighted by Crippen LogP contribution is -2.54. The highest BCUT2D eigenvalue weighted by Gasteiger charge is 2.35. The SMILES string of the molecule is CN1C(=O)C(NC(=O)C2Cc3c(O)cccc3N2)Cc2ccccc21. The van der Waals surface area contributed by atoms with Gasteiger partial charge in [0.25, 0.3) is 0 Å². The Bertz CT molecular complexity index is 865. The zero-order chi connectivity index (χ0) is 17.6. The molecule has 0 saturated carbocycles. The molecule has 6 nitrogen and oxygen atoms in total. The van der Waals surface area contributed by atoms with E-state index in [0.717, 1.165) is 22.5 Å². The minimum absolute atomic E-state index is 0.120. The van der Waals surface area contributed by atoms with Crippen molar-refractivity contribution < 1.29 is 14.7 Å². The molecule has 2 heterocycles. The number of aromatic hydroxyl groups is 1. The molecule has 4 rings (SSSR count). The molecule has 3 N–H and O–H groups in total. The molecule has 0 aromatic heterocycles. The average molecular weight is 337 g/mol. The number of likely N-dealkylation sites (N-methyl/N-ethyl adjacent to an activating group) is 1. The molecular weight excluding hydrogens is 318 g/mol. The number of anilines is 2. The minimum Gasteiger partial charge on any atom is -0.508 e. The van der Waals surface area contributed by atoms with Crippen molar-refractivity contribution in [1.29, 1.82) is 0 Å². The Hall–Kier alpha value is -3.02. The predicted molar refractivity (Wildman–Crippen MR) is 94.7 cm³/mol. The zero-order valence-corrected chi connectivity index (χ0v) is 13.8. The number of amides is 2. The molecule has 0 spiro atoms. The topological polar surface area (TPSA) is 81.7 Å². The number of carbonyl (C=O) groups is 2. The maximum Gasteiger partial charge on any atom is 0.249 e. The van der Waals surface area contributed by atoms with Crippen molar-refractivity contribution in [2.24, 2.45) is 0 Å². The summed E-state index contributed by atoms with van der Waals surface area (Å²) in [4.78, 5) is 26.8. The van der Waals surface area contributed by atoms with Crippen LogP contribution in [-0.4, -0.2) is 36.1 Å². The van der Waals surface area contributed by atoms with E-state index in [1.807, 2.05) is 30.3 Å². The van der Waals surface area contributed by atoms with Crippen LogP contribution in [0.4, 0.5) is 11.4 Å². The van der Waals surface area contributed by atoms with Gasteiger partial charge in [0.2, 0.25) is 11.8 Å². The fraction of sp³-hybridized carbons (Fsp3) is 0.263. The van der Waals surface area contributed by atoms with Crippen molar-refractivity contribution in [3.63, 3.8) is 0 Å². The summed E-state index contributed by atoms with van der Waals surface area (Å²) in [6.45, 7) is 0. The Morgan fingerprint density at radius 2 is 2.00 bits per heavy atom. The zero-order valence-electron chi connectivity index (χ0n) is 13.8. The molecule has 2 aromatic carbocycles. The molecule has 2 aliphatic heterocycles. The molecule has 2 aromatic rings. The Morgan fingerprint density at radius 3 is 2.80 bits per heavy atom. The van der Waals surface area contributed by atoms with Crippen LogP contribution in [0.3, 0.4) is 0 Å². The van der Waals surface area contributed by atoms with E-state index in [1.165, 1.54) is 0 Å². The van der Waals surface area contributed by atoms with E-state index in [-0.39, 0.29) is 17.6 Å². The van der Waals surface area contributed by atoms with Crippen molar-refractivity contribution in [3.8, 4) is 5.75 Å². The molecule has 2 unspecified atom stereocenters. The van der Waals surface area contributed by atoms with E-state index in [9.17, 15) is 14.7 Å². The van der Waals surface area contributed by atoms with Gasteiger partial charge in [-0.15, -0.1) is 0 Å². The molecule has 0 fully saturated rings. The number of hydrogen-bond acceptors (Lipinski definition) is 4. The number of fused-ring (bicyclic) bond motifs is 2. The third kappa shape index (κ3) is 2.59. The van der Waals surface area contributed by atoms with Gasteiger partial charge in [-0.05, 0) is 23.8 Å². The number of phenols is 1. The summed E-state index contributed by atoms with van der Waals surface area (Å²) in [6, 6.07) is 11.8. The lowest BCUT2D eigenvalue weighted by molar-refractivity contribution is -0.128. The molecule has 128 valence electrons. The van der Waals surface area contributed by atoms with E-state index in [0.29, 0.717) is 12.8 Å². The largest absolute Gasteiger partial charge is 0.508 e. The number of para-hydroxylation sites is 1. The number of nitrogens with zero attached hydrogens (tertiary/aromatic N) is 1. The van der Waals surface area contributed by atoms with E-state index in [2.05, 4.69) is 10.6 Å². The number of rotatable bonds is 2. The first-order chi connectivity index (χ1) is 12.0. The number of hydrogen-bond donors (Lipinski definition) is 3. The lowest BCUT2D eigenvalue weighted by Gasteiger charge is -2.32. The second kappa shape index (κ2) is 5.81. The normalized spacial score (nSPS) is 21.3. The molecule has 0 radical (unpaired) electrons. The van der Waals surface area contributed by atoms with Gasteiger partial charge < -0.3 is 20.6 Å². The van der Waals surface area contributed by atoms with Crippen LogP contribution < -0.4 is 15.5 Å². The van der Waals surface area contributed by atoms with Crippen molar-refractivity contribution in [3.05, 3.63) is 53.6 Å². The fourth-order valence-corrected chi connectivity index (χ4v) is 3.58. The van der Waals surface area contributed by atoms with Crippen LogP contribution in [0.2, 0.25) is 0 Å². The first-order valence-corrected chi connectivity index (χ1v) is 8.28. The second-order valence-corrected chi connectivity index (χ2v) is 6.50. The van der Waals surface area contributed by atoms with E-state index in [4.69, 9.17) is 0 Å². The highest BCUT2D eigenvalue weighted by atomic mass is 16.3. The van der Waals surface area contributed by atoms with Crippen molar-refractivity contribution in [1.82, 2.24) is 5.32 Å². The molecule has 2 aliphatic rings. The maximum absolute atomic E-state index is 12.6. The van der Waals surface area contributed by atoms with E-state index in [1.54, 1.807) is 24.1 Å². The third-order valence-electron chi connectivity index (χ3n) is 4.93. The minimum atomic E-state index is -0.577. The van der Waals surface area contributed by atoms with Crippen LogP contribution in [0.25, 0.3) is 0 Å². The molecule has 2 amide bonds. The number of benzene rings is 2. The van der Waals surface area contributed by atoms with Crippen molar-refractivity contribution in [2.45, 2.75) is 24.9 Å². The predicted octanol–water partition coefficient (Wildman–Crippen LogP) is 1.43. The van der Waals surface area contributed by atoms with Crippen LogP contribution in [-0.2, 0) is 22.4 Å². The van der Waals surface area contributed by atoms with Gasteiger partial charge in [0, 0.05) is 36.8 Å². The summed E-state index contributed by atoms with van der Waals surface area (Å²) in [6.07, 6.45) is 0.886. The highest BCUT2D eigenvalue weighted by Crippen LogP contribution is 2.33. The van der Waals surface area contributed by atoms with Crippen LogP contribution in [0.1, 0.15) is 11.1 Å². The second-order valence-electron chi connectivity index (χ2n) is 6.50. The molecular formula is C19H19N3O3. The van der Waals surface area contributed by atoms with Crippen LogP contribution in [0, 0.1) is 0 Å². The van der Waals surface area contributed by atoms with E-state index < -0.39 is 12.1 Å². The van der Waals surface area contributed by atoms with Crippen LogP contribution in [0.15, 0.2) is 42.5 Å². The Morgan fingerprint density at radius 1 is 1.20 bits per heavy atom. The van der Waals surface area contributed by atoms with Gasteiger partial charge in [-0.3, -0.25) is 9.59 Å². The number of nitrogens with one attached hydrogen (secondary N) is 2. The Balaban J connectivity index is 1.49. The maximum atomic E-state index is 12.6. The van der Waals surface area contributed by atoms with Crippen molar-refractivity contribution in [2.75, 3.05) is 17.3 Å². The third-order valence-corrected chi connectivity index (χ3v) is 4.93. The molecule has 2 atom stereocenters. The summed E-state index contributed by atoms with van der Waals surface area (Å²) >= 11 is 0. The number of carbonyl (C=O) groups excluding carboxylic acids is 2. The summed E-state index contributed by atoms with van der Waals surface area (Å²) < 4.78 is 0. The summed E-state index contributed by atoms with van der Waals surface area (Å²) in [5.41, 5.74) is 3.42. The van der Waals surface area contributed by atoms with Gasteiger partial charge in [0.15, 0.2) is 0 Å². The van der Waals surface area contributed by atoms with Crippen LogP contribution in [0.5, 0.6) is 5.75 Å². The molecule has 0 saturated heterocycles. The highest BCUT2D eigenvalue weighted by molar-refractivity contribution is 6.02. The van der Waals surface area contributed by atoms with Gasteiger partial charge in [-0.1, -0.05) is 24.3 Å². The van der Waals surface area contributed by atoms with Crippen molar-refractivity contribution >= 4 is 23.2 Å². The Kier molecular flexibility index (Phi) is 3.60. The van der Waals surface area contributed by atoms with Gasteiger partial charge in [-0.2, -0.15) is 0 Å². The summed E-state index contributed by atoms with van der Waals surface area (Å²) in [5, 5.41) is 15.9. The fourth-order valence-electron chi connectivity index (χ4n) is 3.58. The lowest BCUT2D eigenvalue weighted by atomic mass is 9.97. The smallest absolute Gasteiger partial charge is 0.249 e. The summed E-state index contributed by atoms with van der Waals surface area (Å²) in [5.74, 6) is -0.171. The standard InChI is InChI=1S/C19H19N3O3/c1-22-16-7-3-2-5-11(16)9-15(19(22)25)21-18(24)14-10-12-13(20-14)6-4-8-17(12)23/h2-8,14-15,20,23H,9-10H2,1H3,(H,21,24). The quantitative estimate of drug-likeness (QED) is 0.774. The molecule has 6 heteroatoms. The number of phenolic OH excluding ortho intramolecular Hbond substituents is 1. The van der Waals surface area contributed by atoms with Gasteiger partial charge in [0.05, 0.1) is 0 Å². The molecule has 0 aliphatic carbocycles. The van der Waals surface area contributed by atoms with E-state index >= 15 is 0 Å². The molecule has 0 bridgehead atoms. The Labute approximate surface area is 145 Å². The molecule has 25 heavy (non-hydrogen) atoms. The summed E-state index contributed by atoms with van der Waals surface area (Å²) in [7, 11) is 1.72. The van der Waals surface area contributed by atoms with Gasteiger partial charge >= 0.3 is 0 Å². The van der Waals surface area contributed by atoms with Gasteiger partial charge in [-0.25, -0.2) is 0 Å². The first kappa shape index (κ1) is 15.5.